The SMILES string of the molecule is CC(CC(=O)Nc1cccc(OCCS(C)(=O)=O)c1)C1CCNCC1. The molecule has 2 rings (SSSR count). The molecule has 1 atom stereocenters. The summed E-state index contributed by atoms with van der Waals surface area (Å²) in [7, 11) is -3.05. The van der Waals surface area contributed by atoms with E-state index in [4.69, 9.17) is 4.74 Å². The first-order valence-corrected chi connectivity index (χ1v) is 10.8. The van der Waals surface area contributed by atoms with Crippen LogP contribution in [0.25, 0.3) is 0 Å². The topological polar surface area (TPSA) is 84.5 Å². The highest BCUT2D eigenvalue weighted by Crippen LogP contribution is 2.25. The Hall–Kier alpha value is -1.60. The molecule has 1 heterocycles. The normalized spacial score (nSPS) is 17.0. The van der Waals surface area contributed by atoms with Gasteiger partial charge < -0.3 is 15.4 Å². The molecule has 1 aromatic carbocycles. The second-order valence-corrected chi connectivity index (χ2v) is 9.08. The molecule has 6 nitrogen and oxygen atoms in total. The van der Waals surface area contributed by atoms with Crippen LogP contribution in [0.2, 0.25) is 0 Å². The van der Waals surface area contributed by atoms with E-state index < -0.39 is 9.84 Å². The van der Waals surface area contributed by atoms with Crippen LogP contribution in [0.3, 0.4) is 0 Å². The second kappa shape index (κ2) is 9.20. The standard InChI is InChI=1S/C18H28N2O4S/c1-14(15-6-8-19-9-7-15)12-18(21)20-16-4-3-5-17(13-16)24-10-11-25(2,22)23/h3-5,13-15,19H,6-12H2,1-2H3,(H,20,21). The summed E-state index contributed by atoms with van der Waals surface area (Å²) in [5, 5.41) is 6.25. The molecule has 1 unspecified atom stereocenters. The molecular formula is C18H28N2O4S. The van der Waals surface area contributed by atoms with E-state index in [0.29, 0.717) is 29.7 Å². The maximum atomic E-state index is 12.3. The van der Waals surface area contributed by atoms with E-state index in [1.54, 1.807) is 24.3 Å². The van der Waals surface area contributed by atoms with E-state index in [1.807, 2.05) is 0 Å². The predicted octanol–water partition coefficient (Wildman–Crippen LogP) is 2.07. The van der Waals surface area contributed by atoms with Gasteiger partial charge in [0, 0.05) is 24.4 Å². The highest BCUT2D eigenvalue weighted by atomic mass is 32.2. The van der Waals surface area contributed by atoms with Gasteiger partial charge in [-0.05, 0) is 49.9 Å². The van der Waals surface area contributed by atoms with E-state index in [1.165, 1.54) is 6.26 Å². The molecule has 0 radical (unpaired) electrons. The average molecular weight is 368 g/mol. The lowest BCUT2D eigenvalue weighted by Crippen LogP contribution is -2.32. The van der Waals surface area contributed by atoms with Crippen molar-refractivity contribution in [2.45, 2.75) is 26.2 Å². The number of piperidine rings is 1. The van der Waals surface area contributed by atoms with Crippen molar-refractivity contribution in [3.05, 3.63) is 24.3 Å². The molecule has 0 aromatic heterocycles. The summed E-state index contributed by atoms with van der Waals surface area (Å²) in [4.78, 5) is 12.3. The van der Waals surface area contributed by atoms with Crippen molar-refractivity contribution in [1.82, 2.24) is 5.32 Å². The van der Waals surface area contributed by atoms with Crippen molar-refractivity contribution >= 4 is 21.4 Å². The first-order chi connectivity index (χ1) is 11.8. The molecule has 0 aliphatic carbocycles. The Morgan fingerprint density at radius 3 is 2.76 bits per heavy atom. The van der Waals surface area contributed by atoms with Crippen LogP contribution in [0.5, 0.6) is 5.75 Å². The number of hydrogen-bond donors (Lipinski definition) is 2. The zero-order chi connectivity index (χ0) is 18.3. The van der Waals surface area contributed by atoms with Gasteiger partial charge in [-0.15, -0.1) is 0 Å². The largest absolute Gasteiger partial charge is 0.492 e. The lowest BCUT2D eigenvalue weighted by molar-refractivity contribution is -0.117. The zero-order valence-corrected chi connectivity index (χ0v) is 15.8. The van der Waals surface area contributed by atoms with Crippen molar-refractivity contribution in [1.29, 1.82) is 0 Å². The number of hydrogen-bond acceptors (Lipinski definition) is 5. The minimum Gasteiger partial charge on any atom is -0.492 e. The van der Waals surface area contributed by atoms with Crippen LogP contribution in [0.15, 0.2) is 24.3 Å². The van der Waals surface area contributed by atoms with Gasteiger partial charge in [-0.1, -0.05) is 13.0 Å². The third-order valence-corrected chi connectivity index (χ3v) is 5.44. The minimum absolute atomic E-state index is 0.000631. The number of nitrogens with one attached hydrogen (secondary N) is 2. The highest BCUT2D eigenvalue weighted by molar-refractivity contribution is 7.90. The summed E-state index contributed by atoms with van der Waals surface area (Å²) >= 11 is 0. The van der Waals surface area contributed by atoms with Gasteiger partial charge in [0.25, 0.3) is 0 Å². The monoisotopic (exact) mass is 368 g/mol. The molecule has 7 heteroatoms. The van der Waals surface area contributed by atoms with Gasteiger partial charge in [-0.3, -0.25) is 4.79 Å². The van der Waals surface area contributed by atoms with Gasteiger partial charge in [-0.2, -0.15) is 0 Å². The molecule has 0 bridgehead atoms. The van der Waals surface area contributed by atoms with Gasteiger partial charge in [0.15, 0.2) is 9.84 Å². The van der Waals surface area contributed by atoms with Crippen LogP contribution in [-0.4, -0.2) is 46.0 Å². The van der Waals surface area contributed by atoms with Crippen molar-refractivity contribution < 1.29 is 17.9 Å². The van der Waals surface area contributed by atoms with Crippen LogP contribution in [0, 0.1) is 11.8 Å². The molecule has 1 aliphatic rings. The van der Waals surface area contributed by atoms with Crippen molar-refractivity contribution in [3.63, 3.8) is 0 Å². The fourth-order valence-corrected chi connectivity index (χ4v) is 3.45. The molecular weight excluding hydrogens is 340 g/mol. The van der Waals surface area contributed by atoms with E-state index in [2.05, 4.69) is 17.6 Å². The number of amides is 1. The number of anilines is 1. The van der Waals surface area contributed by atoms with E-state index in [-0.39, 0.29) is 18.3 Å². The molecule has 1 saturated heterocycles. The number of benzene rings is 1. The van der Waals surface area contributed by atoms with Gasteiger partial charge in [0.2, 0.25) is 5.91 Å². The number of carbonyl (C=O) groups excluding carboxylic acids is 1. The Morgan fingerprint density at radius 2 is 2.08 bits per heavy atom. The van der Waals surface area contributed by atoms with Crippen LogP contribution in [0.1, 0.15) is 26.2 Å². The van der Waals surface area contributed by atoms with Gasteiger partial charge in [0.1, 0.15) is 12.4 Å². The molecule has 0 spiro atoms. The van der Waals surface area contributed by atoms with Crippen molar-refractivity contribution in [2.24, 2.45) is 11.8 Å². The molecule has 140 valence electrons. The summed E-state index contributed by atoms with van der Waals surface area (Å²) in [5.74, 6) is 1.47. The third-order valence-electron chi connectivity index (χ3n) is 4.54. The first-order valence-electron chi connectivity index (χ1n) is 8.74. The molecule has 25 heavy (non-hydrogen) atoms. The van der Waals surface area contributed by atoms with Crippen LogP contribution >= 0.6 is 0 Å². The van der Waals surface area contributed by atoms with Crippen molar-refractivity contribution in [2.75, 3.05) is 37.0 Å². The summed E-state index contributed by atoms with van der Waals surface area (Å²) in [5.41, 5.74) is 0.666. The van der Waals surface area contributed by atoms with Crippen LogP contribution in [0.4, 0.5) is 5.69 Å². The maximum Gasteiger partial charge on any atom is 0.224 e. The lowest BCUT2D eigenvalue weighted by atomic mass is 9.84. The summed E-state index contributed by atoms with van der Waals surface area (Å²) in [6, 6.07) is 7.04. The first kappa shape index (κ1) is 19.7. The summed E-state index contributed by atoms with van der Waals surface area (Å²) in [6.07, 6.45) is 3.93. The third kappa shape index (κ3) is 7.44. The molecule has 1 amide bonds. The molecule has 0 saturated carbocycles. The Morgan fingerprint density at radius 1 is 1.36 bits per heavy atom. The Balaban J connectivity index is 1.82. The molecule has 2 N–H and O–H groups in total. The van der Waals surface area contributed by atoms with Crippen LogP contribution < -0.4 is 15.4 Å². The van der Waals surface area contributed by atoms with E-state index in [9.17, 15) is 13.2 Å². The van der Waals surface area contributed by atoms with Crippen LogP contribution in [-0.2, 0) is 14.6 Å². The average Bonchev–Trinajstić information content (AvgIpc) is 2.54. The van der Waals surface area contributed by atoms with Gasteiger partial charge in [-0.25, -0.2) is 8.42 Å². The fraction of sp³-hybridized carbons (Fsp3) is 0.611. The number of sulfone groups is 1. The lowest BCUT2D eigenvalue weighted by Gasteiger charge is -2.27. The Kier molecular flexibility index (Phi) is 7.25. The zero-order valence-electron chi connectivity index (χ0n) is 15.0. The smallest absolute Gasteiger partial charge is 0.224 e. The fourth-order valence-electron chi connectivity index (χ4n) is 3.06. The quantitative estimate of drug-likeness (QED) is 0.734. The summed E-state index contributed by atoms with van der Waals surface area (Å²) in [6.45, 7) is 4.30. The van der Waals surface area contributed by atoms with Gasteiger partial charge in [0.05, 0.1) is 5.75 Å². The number of carbonyl (C=O) groups is 1. The van der Waals surface area contributed by atoms with Crippen molar-refractivity contribution in [3.8, 4) is 5.75 Å². The predicted molar refractivity (Wildman–Crippen MR) is 99.7 cm³/mol. The molecule has 1 aromatic rings. The van der Waals surface area contributed by atoms with Gasteiger partial charge >= 0.3 is 0 Å². The Labute approximate surface area is 150 Å². The minimum atomic E-state index is -3.05. The molecule has 1 fully saturated rings. The summed E-state index contributed by atoms with van der Waals surface area (Å²) < 4.78 is 27.7. The van der Waals surface area contributed by atoms with E-state index in [0.717, 1.165) is 25.9 Å². The number of ether oxygens (including phenoxy) is 1. The number of rotatable bonds is 8. The molecule has 1 aliphatic heterocycles. The Bertz CT molecular complexity index is 669. The highest BCUT2D eigenvalue weighted by Gasteiger charge is 2.22. The van der Waals surface area contributed by atoms with E-state index >= 15 is 0 Å². The second-order valence-electron chi connectivity index (χ2n) is 6.82. The maximum absolute atomic E-state index is 12.3.